The first-order valence-electron chi connectivity index (χ1n) is 9.69. The van der Waals surface area contributed by atoms with Gasteiger partial charge < -0.3 is 10.1 Å². The van der Waals surface area contributed by atoms with Crippen molar-refractivity contribution in [3.8, 4) is 5.75 Å². The summed E-state index contributed by atoms with van der Waals surface area (Å²) in [6.45, 7) is 4.47. The Morgan fingerprint density at radius 1 is 0.852 bits per heavy atom. The number of hydrogen-bond donors (Lipinski definition) is 1. The number of ether oxygens (including phenoxy) is 1. The van der Waals surface area contributed by atoms with Crippen molar-refractivity contribution >= 4 is 23.0 Å². The van der Waals surface area contributed by atoms with E-state index in [9.17, 15) is 4.79 Å². The molecule has 0 aliphatic carbocycles. The third kappa shape index (κ3) is 8.49. The van der Waals surface area contributed by atoms with Crippen LogP contribution in [0, 0.1) is 0 Å². The quantitative estimate of drug-likeness (QED) is 0.350. The first-order chi connectivity index (χ1) is 13.2. The monoisotopic (exact) mass is 367 g/mol. The predicted octanol–water partition coefficient (Wildman–Crippen LogP) is 6.80. The van der Waals surface area contributed by atoms with Crippen LogP contribution in [0.25, 0.3) is 0 Å². The molecule has 0 saturated heterocycles. The van der Waals surface area contributed by atoms with E-state index in [4.69, 9.17) is 4.74 Å². The Balaban J connectivity index is 1.74. The molecular formula is C22H29N3O2. The van der Waals surface area contributed by atoms with Crippen LogP contribution < -0.4 is 10.1 Å². The number of nitrogens with one attached hydrogen (secondary N) is 1. The van der Waals surface area contributed by atoms with Crippen LogP contribution in [0.15, 0.2) is 58.8 Å². The molecule has 0 bridgehead atoms. The zero-order chi connectivity index (χ0) is 19.3. The molecule has 2 rings (SSSR count). The molecule has 1 amide bonds. The smallest absolute Gasteiger partial charge is 0.221 e. The molecule has 0 atom stereocenters. The number of rotatable bonds is 11. The highest BCUT2D eigenvalue weighted by atomic mass is 16.5. The lowest BCUT2D eigenvalue weighted by Crippen LogP contribution is -2.04. The third-order valence-electron chi connectivity index (χ3n) is 4.07. The summed E-state index contributed by atoms with van der Waals surface area (Å²) >= 11 is 0. The van der Waals surface area contributed by atoms with Crippen molar-refractivity contribution in [3.63, 3.8) is 0 Å². The zero-order valence-corrected chi connectivity index (χ0v) is 16.3. The highest BCUT2D eigenvalue weighted by molar-refractivity contribution is 5.88. The summed E-state index contributed by atoms with van der Waals surface area (Å²) in [6.07, 6.45) is 7.56. The van der Waals surface area contributed by atoms with Crippen molar-refractivity contribution in [3.05, 3.63) is 48.5 Å². The van der Waals surface area contributed by atoms with Gasteiger partial charge in [-0.2, -0.15) is 10.2 Å². The van der Waals surface area contributed by atoms with Crippen LogP contribution in [0.4, 0.5) is 17.1 Å². The Bertz CT molecular complexity index is 709. The maximum Gasteiger partial charge on any atom is 0.221 e. The molecule has 0 radical (unpaired) electrons. The van der Waals surface area contributed by atoms with Crippen LogP contribution in [-0.4, -0.2) is 12.5 Å². The molecule has 0 fully saturated rings. The van der Waals surface area contributed by atoms with Gasteiger partial charge in [0, 0.05) is 12.6 Å². The molecule has 0 aliphatic heterocycles. The molecule has 0 heterocycles. The van der Waals surface area contributed by atoms with Crippen molar-refractivity contribution < 1.29 is 9.53 Å². The summed E-state index contributed by atoms with van der Waals surface area (Å²) in [6, 6.07) is 14.9. The van der Waals surface area contributed by atoms with E-state index in [-0.39, 0.29) is 5.91 Å². The SMILES string of the molecule is CCCCCCCCOc1ccc(N=Nc2ccc(NC(C)=O)cc2)cc1. The van der Waals surface area contributed by atoms with Gasteiger partial charge in [-0.1, -0.05) is 39.0 Å². The Hall–Kier alpha value is -2.69. The van der Waals surface area contributed by atoms with Crippen LogP contribution >= 0.6 is 0 Å². The molecule has 0 unspecified atom stereocenters. The topological polar surface area (TPSA) is 63.1 Å². The summed E-state index contributed by atoms with van der Waals surface area (Å²) in [5.41, 5.74) is 2.24. The minimum absolute atomic E-state index is 0.0943. The van der Waals surface area contributed by atoms with Crippen LogP contribution in [0.2, 0.25) is 0 Å². The minimum Gasteiger partial charge on any atom is -0.494 e. The van der Waals surface area contributed by atoms with Gasteiger partial charge in [-0.15, -0.1) is 0 Å². The number of carbonyl (C=O) groups excluding carboxylic acids is 1. The van der Waals surface area contributed by atoms with Crippen LogP contribution in [0.5, 0.6) is 5.75 Å². The lowest BCUT2D eigenvalue weighted by molar-refractivity contribution is -0.114. The van der Waals surface area contributed by atoms with Gasteiger partial charge in [0.1, 0.15) is 5.75 Å². The standard InChI is InChI=1S/C22H29N3O2/c1-3-4-5-6-7-8-17-27-22-15-13-21(14-16-22)25-24-20-11-9-19(10-12-20)23-18(2)26/h9-16H,3-8,17H2,1-2H3,(H,23,26). The van der Waals surface area contributed by atoms with Crippen LogP contribution in [-0.2, 0) is 4.79 Å². The van der Waals surface area contributed by atoms with Crippen molar-refractivity contribution in [2.75, 3.05) is 11.9 Å². The summed E-state index contributed by atoms with van der Waals surface area (Å²) in [5.74, 6) is 0.769. The summed E-state index contributed by atoms with van der Waals surface area (Å²) in [7, 11) is 0. The lowest BCUT2D eigenvalue weighted by Gasteiger charge is -2.06. The molecular weight excluding hydrogens is 338 g/mol. The second kappa shape index (κ2) is 11.8. The van der Waals surface area contributed by atoms with Crippen molar-refractivity contribution in [1.29, 1.82) is 0 Å². The number of carbonyl (C=O) groups is 1. The molecule has 5 heteroatoms. The number of azo groups is 1. The summed E-state index contributed by atoms with van der Waals surface area (Å²) < 4.78 is 5.77. The van der Waals surface area contributed by atoms with Crippen LogP contribution in [0.1, 0.15) is 52.4 Å². The molecule has 5 nitrogen and oxygen atoms in total. The van der Waals surface area contributed by atoms with Crippen molar-refractivity contribution in [2.45, 2.75) is 52.4 Å². The average molecular weight is 367 g/mol. The third-order valence-corrected chi connectivity index (χ3v) is 4.07. The molecule has 1 N–H and O–H groups in total. The van der Waals surface area contributed by atoms with E-state index in [2.05, 4.69) is 22.5 Å². The molecule has 144 valence electrons. The van der Waals surface area contributed by atoms with Gasteiger partial charge >= 0.3 is 0 Å². The second-order valence-corrected chi connectivity index (χ2v) is 6.54. The van der Waals surface area contributed by atoms with Crippen LogP contribution in [0.3, 0.4) is 0 Å². The van der Waals surface area contributed by atoms with Gasteiger partial charge in [0.2, 0.25) is 5.91 Å². The van der Waals surface area contributed by atoms with Gasteiger partial charge in [0.05, 0.1) is 18.0 Å². The van der Waals surface area contributed by atoms with E-state index in [0.29, 0.717) is 0 Å². The molecule has 0 aromatic heterocycles. The number of nitrogens with zero attached hydrogens (tertiary/aromatic N) is 2. The van der Waals surface area contributed by atoms with Crippen molar-refractivity contribution in [2.24, 2.45) is 10.2 Å². The van der Waals surface area contributed by atoms with E-state index < -0.39 is 0 Å². The highest BCUT2D eigenvalue weighted by Crippen LogP contribution is 2.22. The molecule has 0 saturated carbocycles. The zero-order valence-electron chi connectivity index (χ0n) is 16.3. The predicted molar refractivity (Wildman–Crippen MR) is 110 cm³/mol. The van der Waals surface area contributed by atoms with Gasteiger partial charge in [-0.25, -0.2) is 0 Å². The Morgan fingerprint density at radius 2 is 1.41 bits per heavy atom. The first-order valence-corrected chi connectivity index (χ1v) is 9.69. The number of unbranched alkanes of at least 4 members (excludes halogenated alkanes) is 5. The van der Waals surface area contributed by atoms with Crippen molar-refractivity contribution in [1.82, 2.24) is 0 Å². The Kier molecular flexibility index (Phi) is 9.04. The molecule has 0 aliphatic rings. The Morgan fingerprint density at radius 3 is 2.00 bits per heavy atom. The number of anilines is 1. The normalized spacial score (nSPS) is 10.9. The van der Waals surface area contributed by atoms with E-state index in [0.717, 1.165) is 35.8 Å². The average Bonchev–Trinajstić information content (AvgIpc) is 2.67. The fraction of sp³-hybridized carbons (Fsp3) is 0.409. The molecule has 2 aromatic carbocycles. The first kappa shape index (κ1) is 20.6. The molecule has 27 heavy (non-hydrogen) atoms. The Labute approximate surface area is 161 Å². The second-order valence-electron chi connectivity index (χ2n) is 6.54. The van der Waals surface area contributed by atoms with E-state index in [1.54, 1.807) is 12.1 Å². The number of amides is 1. The van der Waals surface area contributed by atoms with Gasteiger partial charge in [-0.3, -0.25) is 4.79 Å². The largest absolute Gasteiger partial charge is 0.494 e. The fourth-order valence-electron chi connectivity index (χ4n) is 2.61. The maximum absolute atomic E-state index is 11.0. The molecule has 0 spiro atoms. The minimum atomic E-state index is -0.0943. The van der Waals surface area contributed by atoms with E-state index >= 15 is 0 Å². The number of benzene rings is 2. The van der Waals surface area contributed by atoms with E-state index in [1.165, 1.54) is 39.0 Å². The highest BCUT2D eigenvalue weighted by Gasteiger charge is 1.98. The maximum atomic E-state index is 11.0. The van der Waals surface area contributed by atoms with Gasteiger partial charge in [0.25, 0.3) is 0 Å². The summed E-state index contributed by atoms with van der Waals surface area (Å²) in [4.78, 5) is 11.0. The number of hydrogen-bond acceptors (Lipinski definition) is 4. The van der Waals surface area contributed by atoms with Gasteiger partial charge in [0.15, 0.2) is 0 Å². The fourth-order valence-corrected chi connectivity index (χ4v) is 2.61. The summed E-state index contributed by atoms with van der Waals surface area (Å²) in [5, 5.41) is 11.2. The van der Waals surface area contributed by atoms with E-state index in [1.807, 2.05) is 36.4 Å². The van der Waals surface area contributed by atoms with Gasteiger partial charge in [-0.05, 0) is 55.0 Å². The molecule has 2 aromatic rings. The lowest BCUT2D eigenvalue weighted by atomic mass is 10.1.